The summed E-state index contributed by atoms with van der Waals surface area (Å²) in [5.41, 5.74) is 0.937. The highest BCUT2D eigenvalue weighted by Gasteiger charge is 2.30. The van der Waals surface area contributed by atoms with Gasteiger partial charge in [0.25, 0.3) is 0 Å². The molecule has 28 heavy (non-hydrogen) atoms. The van der Waals surface area contributed by atoms with Crippen molar-refractivity contribution in [3.63, 3.8) is 0 Å². The molecule has 8 heteroatoms. The fourth-order valence-corrected chi connectivity index (χ4v) is 3.34. The molecule has 2 amide bonds. The molecule has 156 valence electrons. The van der Waals surface area contributed by atoms with Crippen LogP contribution >= 0.6 is 0 Å². The maximum absolute atomic E-state index is 12.3. The molecule has 0 saturated carbocycles. The molecule has 0 aliphatic carbocycles. The molecule has 0 spiro atoms. The van der Waals surface area contributed by atoms with Gasteiger partial charge in [-0.3, -0.25) is 9.59 Å². The quantitative estimate of drug-likeness (QED) is 0.724. The van der Waals surface area contributed by atoms with Crippen LogP contribution in [0.5, 0.6) is 5.75 Å². The average Bonchev–Trinajstić information content (AvgIpc) is 2.68. The summed E-state index contributed by atoms with van der Waals surface area (Å²) in [6, 6.07) is 7.43. The third kappa shape index (κ3) is 7.78. The monoisotopic (exact) mass is 400 g/mol. The SMILES string of the molecule is COc1cccc(CNC(=O)CC[C@@H]2CCCN(C(=O)CCC(F)(F)F)C2)c1. The predicted molar refractivity (Wildman–Crippen MR) is 98.7 cm³/mol. The first kappa shape index (κ1) is 22.0. The van der Waals surface area contributed by atoms with Gasteiger partial charge in [0.05, 0.1) is 13.5 Å². The number of piperidine rings is 1. The highest BCUT2D eigenvalue weighted by Crippen LogP contribution is 2.25. The summed E-state index contributed by atoms with van der Waals surface area (Å²) in [5.74, 6) is 0.336. The number of carbonyl (C=O) groups excluding carboxylic acids is 2. The lowest BCUT2D eigenvalue weighted by Gasteiger charge is -2.33. The number of benzene rings is 1. The minimum Gasteiger partial charge on any atom is -0.497 e. The fourth-order valence-electron chi connectivity index (χ4n) is 3.34. The molecule has 0 bridgehead atoms. The summed E-state index contributed by atoms with van der Waals surface area (Å²) < 4.78 is 42.0. The van der Waals surface area contributed by atoms with Crippen LogP contribution in [0.1, 0.15) is 44.1 Å². The molecule has 1 aliphatic rings. The lowest BCUT2D eigenvalue weighted by atomic mass is 9.93. The van der Waals surface area contributed by atoms with E-state index in [2.05, 4.69) is 5.32 Å². The first-order chi connectivity index (χ1) is 13.3. The molecule has 1 N–H and O–H groups in total. The Kier molecular flexibility index (Phi) is 8.14. The van der Waals surface area contributed by atoms with Gasteiger partial charge < -0.3 is 15.0 Å². The summed E-state index contributed by atoms with van der Waals surface area (Å²) in [6.45, 7) is 1.33. The zero-order valence-electron chi connectivity index (χ0n) is 16.1. The normalized spacial score (nSPS) is 17.3. The Labute approximate surface area is 163 Å². The van der Waals surface area contributed by atoms with Gasteiger partial charge in [0.15, 0.2) is 0 Å². The van der Waals surface area contributed by atoms with E-state index in [1.54, 1.807) is 7.11 Å². The summed E-state index contributed by atoms with van der Waals surface area (Å²) in [5, 5.41) is 2.86. The van der Waals surface area contributed by atoms with Crippen molar-refractivity contribution in [3.8, 4) is 5.75 Å². The van der Waals surface area contributed by atoms with E-state index < -0.39 is 24.9 Å². The van der Waals surface area contributed by atoms with Crippen molar-refractivity contribution >= 4 is 11.8 Å². The summed E-state index contributed by atoms with van der Waals surface area (Å²) >= 11 is 0. The number of alkyl halides is 3. The van der Waals surface area contributed by atoms with Crippen LogP contribution in [-0.2, 0) is 16.1 Å². The van der Waals surface area contributed by atoms with Crippen LogP contribution in [0.2, 0.25) is 0 Å². The first-order valence-electron chi connectivity index (χ1n) is 9.51. The Morgan fingerprint density at radius 2 is 2.07 bits per heavy atom. The summed E-state index contributed by atoms with van der Waals surface area (Å²) in [7, 11) is 1.58. The Morgan fingerprint density at radius 3 is 2.79 bits per heavy atom. The highest BCUT2D eigenvalue weighted by atomic mass is 19.4. The summed E-state index contributed by atoms with van der Waals surface area (Å²) in [4.78, 5) is 25.6. The second-order valence-electron chi connectivity index (χ2n) is 7.13. The van der Waals surface area contributed by atoms with Crippen LogP contribution in [0.3, 0.4) is 0 Å². The molecule has 5 nitrogen and oxygen atoms in total. The van der Waals surface area contributed by atoms with Crippen molar-refractivity contribution in [2.24, 2.45) is 5.92 Å². The first-order valence-corrected chi connectivity index (χ1v) is 9.51. The van der Waals surface area contributed by atoms with Crippen molar-refractivity contribution in [2.75, 3.05) is 20.2 Å². The van der Waals surface area contributed by atoms with Crippen LogP contribution < -0.4 is 10.1 Å². The fraction of sp³-hybridized carbons (Fsp3) is 0.600. The predicted octanol–water partition coefficient (Wildman–Crippen LogP) is 3.67. The Hall–Kier alpha value is -2.25. The minimum absolute atomic E-state index is 0.0802. The number of amides is 2. The van der Waals surface area contributed by atoms with Crippen LogP contribution in [-0.4, -0.2) is 43.1 Å². The maximum atomic E-state index is 12.3. The van der Waals surface area contributed by atoms with Crippen LogP contribution in [0.25, 0.3) is 0 Å². The van der Waals surface area contributed by atoms with Gasteiger partial charge in [-0.2, -0.15) is 13.2 Å². The largest absolute Gasteiger partial charge is 0.497 e. The Bertz CT molecular complexity index is 664. The van der Waals surface area contributed by atoms with Crippen molar-refractivity contribution in [2.45, 2.75) is 51.2 Å². The number of hydrogen-bond donors (Lipinski definition) is 1. The standard InChI is InChI=1S/C20H27F3N2O3/c1-28-17-6-2-4-16(12-17)13-24-18(26)8-7-15-5-3-11-25(14-15)19(27)9-10-20(21,22)23/h2,4,6,12,15H,3,5,7-11,13-14H2,1H3,(H,24,26)/t15-/m0/s1. The molecule has 0 unspecified atom stereocenters. The molecule has 1 aromatic carbocycles. The third-order valence-corrected chi connectivity index (χ3v) is 4.90. The number of halogens is 3. The second-order valence-corrected chi connectivity index (χ2v) is 7.13. The molecular weight excluding hydrogens is 373 g/mol. The molecule has 1 heterocycles. The molecule has 1 atom stereocenters. The lowest BCUT2D eigenvalue weighted by Crippen LogP contribution is -2.40. The number of nitrogens with one attached hydrogen (secondary N) is 1. The second kappa shape index (κ2) is 10.3. The van der Waals surface area contributed by atoms with E-state index in [-0.39, 0.29) is 11.8 Å². The lowest BCUT2D eigenvalue weighted by molar-refractivity contribution is -0.150. The van der Waals surface area contributed by atoms with Gasteiger partial charge in [0.1, 0.15) is 5.75 Å². The molecule has 0 aromatic heterocycles. The molecule has 1 aromatic rings. The topological polar surface area (TPSA) is 58.6 Å². The zero-order chi connectivity index (χ0) is 20.6. The molecule has 0 radical (unpaired) electrons. The van der Waals surface area contributed by atoms with Gasteiger partial charge >= 0.3 is 6.18 Å². The third-order valence-electron chi connectivity index (χ3n) is 4.90. The molecule has 1 fully saturated rings. The van der Waals surface area contributed by atoms with Crippen LogP contribution in [0, 0.1) is 5.92 Å². The van der Waals surface area contributed by atoms with Crippen molar-refractivity contribution < 1.29 is 27.5 Å². The van der Waals surface area contributed by atoms with E-state index >= 15 is 0 Å². The highest BCUT2D eigenvalue weighted by molar-refractivity contribution is 5.76. The number of ether oxygens (including phenoxy) is 1. The maximum Gasteiger partial charge on any atom is 0.389 e. The molecular formula is C20H27F3N2O3. The van der Waals surface area contributed by atoms with E-state index in [0.29, 0.717) is 32.5 Å². The van der Waals surface area contributed by atoms with Gasteiger partial charge in [-0.05, 0) is 42.9 Å². The zero-order valence-corrected chi connectivity index (χ0v) is 16.1. The number of hydrogen-bond acceptors (Lipinski definition) is 3. The van der Waals surface area contributed by atoms with E-state index in [0.717, 1.165) is 24.2 Å². The van der Waals surface area contributed by atoms with Crippen molar-refractivity contribution in [3.05, 3.63) is 29.8 Å². The van der Waals surface area contributed by atoms with Crippen LogP contribution in [0.15, 0.2) is 24.3 Å². The van der Waals surface area contributed by atoms with Gasteiger partial charge in [0, 0.05) is 32.5 Å². The van der Waals surface area contributed by atoms with E-state index in [4.69, 9.17) is 4.74 Å². The smallest absolute Gasteiger partial charge is 0.389 e. The number of methoxy groups -OCH3 is 1. The Morgan fingerprint density at radius 1 is 1.29 bits per heavy atom. The van der Waals surface area contributed by atoms with Gasteiger partial charge in [-0.25, -0.2) is 0 Å². The Balaban J connectivity index is 1.71. The number of likely N-dealkylation sites (tertiary alicyclic amines) is 1. The van der Waals surface area contributed by atoms with E-state index in [1.165, 1.54) is 4.90 Å². The van der Waals surface area contributed by atoms with E-state index in [1.807, 2.05) is 24.3 Å². The molecule has 2 rings (SSSR count). The van der Waals surface area contributed by atoms with Crippen LogP contribution in [0.4, 0.5) is 13.2 Å². The van der Waals surface area contributed by atoms with Gasteiger partial charge in [0.2, 0.25) is 11.8 Å². The minimum atomic E-state index is -4.31. The number of nitrogens with zero attached hydrogens (tertiary/aromatic N) is 1. The van der Waals surface area contributed by atoms with Gasteiger partial charge in [-0.15, -0.1) is 0 Å². The molecule has 1 saturated heterocycles. The van der Waals surface area contributed by atoms with E-state index in [9.17, 15) is 22.8 Å². The number of carbonyl (C=O) groups is 2. The molecule has 1 aliphatic heterocycles. The van der Waals surface area contributed by atoms with Crippen molar-refractivity contribution in [1.29, 1.82) is 0 Å². The summed E-state index contributed by atoms with van der Waals surface area (Å²) in [6.07, 6.45) is -3.31. The number of rotatable bonds is 8. The average molecular weight is 400 g/mol. The van der Waals surface area contributed by atoms with Crippen molar-refractivity contribution in [1.82, 2.24) is 10.2 Å². The van der Waals surface area contributed by atoms with Gasteiger partial charge in [-0.1, -0.05) is 12.1 Å².